The minimum atomic E-state index is -0.305. The monoisotopic (exact) mass is 362 g/mol. The lowest BCUT2D eigenvalue weighted by Crippen LogP contribution is -2.36. The second kappa shape index (κ2) is 7.56. The zero-order chi connectivity index (χ0) is 18.0. The van der Waals surface area contributed by atoms with Crippen LogP contribution in [0.4, 0.5) is 4.39 Å². The molecule has 1 unspecified atom stereocenters. The normalized spacial score (nSPS) is 15.2. The summed E-state index contributed by atoms with van der Waals surface area (Å²) in [5.74, 6) is 0.332. The van der Waals surface area contributed by atoms with Crippen molar-refractivity contribution < 1.29 is 9.18 Å². The molecule has 7 heteroatoms. The molecule has 0 radical (unpaired) electrons. The first-order valence-corrected chi connectivity index (χ1v) is 9.60. The summed E-state index contributed by atoms with van der Waals surface area (Å²) >= 11 is 1.40. The lowest BCUT2D eigenvalue weighted by Gasteiger charge is -2.22. The van der Waals surface area contributed by atoms with E-state index in [2.05, 4.69) is 10.2 Å². The number of amides is 1. The van der Waals surface area contributed by atoms with Crippen molar-refractivity contribution in [2.45, 2.75) is 50.1 Å². The summed E-state index contributed by atoms with van der Waals surface area (Å²) in [7, 11) is 0. The van der Waals surface area contributed by atoms with Crippen molar-refractivity contribution in [2.75, 3.05) is 13.1 Å². The molecule has 1 aliphatic carbocycles. The first-order valence-electron chi connectivity index (χ1n) is 8.72. The van der Waals surface area contributed by atoms with E-state index in [0.717, 1.165) is 12.8 Å². The number of rotatable bonds is 7. The Morgan fingerprint density at radius 1 is 1.32 bits per heavy atom. The highest BCUT2D eigenvalue weighted by molar-refractivity contribution is 8.00. The van der Waals surface area contributed by atoms with Gasteiger partial charge in [-0.3, -0.25) is 9.36 Å². The van der Waals surface area contributed by atoms with Gasteiger partial charge in [-0.25, -0.2) is 4.39 Å². The average molecular weight is 362 g/mol. The molecule has 0 aliphatic heterocycles. The van der Waals surface area contributed by atoms with Crippen molar-refractivity contribution in [1.29, 1.82) is 0 Å². The number of aromatic nitrogens is 3. The molecule has 5 nitrogen and oxygen atoms in total. The molecule has 2 aromatic rings. The molecule has 1 amide bonds. The van der Waals surface area contributed by atoms with Crippen molar-refractivity contribution >= 4 is 17.7 Å². The van der Waals surface area contributed by atoms with Crippen molar-refractivity contribution in [3.8, 4) is 11.4 Å². The fourth-order valence-corrected chi connectivity index (χ4v) is 3.85. The standard InChI is InChI=1S/C18H23FN4OS/c1-4-22(5-2)17(24)12(3)25-18-21-20-16(23(18)13-10-11-13)14-8-6-7-9-15(14)19/h6-9,12-13H,4-5,10-11H2,1-3H3. The van der Waals surface area contributed by atoms with E-state index in [1.807, 2.05) is 30.2 Å². The summed E-state index contributed by atoms with van der Waals surface area (Å²) < 4.78 is 16.2. The molecule has 1 aliphatic rings. The van der Waals surface area contributed by atoms with Crippen LogP contribution in [0, 0.1) is 5.82 Å². The number of carbonyl (C=O) groups excluding carboxylic acids is 1. The highest BCUT2D eigenvalue weighted by Gasteiger charge is 2.32. The molecule has 1 aromatic carbocycles. The highest BCUT2D eigenvalue weighted by Crippen LogP contribution is 2.42. The molecule has 1 atom stereocenters. The predicted octanol–water partition coefficient (Wildman–Crippen LogP) is 3.77. The second-order valence-corrected chi connectivity index (χ2v) is 7.47. The molecule has 0 saturated heterocycles. The van der Waals surface area contributed by atoms with Gasteiger partial charge in [0, 0.05) is 19.1 Å². The van der Waals surface area contributed by atoms with Crippen LogP contribution in [-0.2, 0) is 4.79 Å². The third-order valence-corrected chi connectivity index (χ3v) is 5.44. The minimum Gasteiger partial charge on any atom is -0.342 e. The fraction of sp³-hybridized carbons (Fsp3) is 0.500. The predicted molar refractivity (Wildman–Crippen MR) is 96.9 cm³/mol. The van der Waals surface area contributed by atoms with Crippen LogP contribution in [0.3, 0.4) is 0 Å². The molecular formula is C18H23FN4OS. The molecule has 25 heavy (non-hydrogen) atoms. The van der Waals surface area contributed by atoms with Gasteiger partial charge in [0.1, 0.15) is 5.82 Å². The van der Waals surface area contributed by atoms with Gasteiger partial charge in [0.15, 0.2) is 11.0 Å². The summed E-state index contributed by atoms with van der Waals surface area (Å²) in [6, 6.07) is 6.90. The molecule has 3 rings (SSSR count). The maximum Gasteiger partial charge on any atom is 0.235 e. The molecule has 0 N–H and O–H groups in total. The molecular weight excluding hydrogens is 339 g/mol. The van der Waals surface area contributed by atoms with Gasteiger partial charge in [0.25, 0.3) is 0 Å². The lowest BCUT2D eigenvalue weighted by molar-refractivity contribution is -0.129. The largest absolute Gasteiger partial charge is 0.342 e. The SMILES string of the molecule is CCN(CC)C(=O)C(C)Sc1nnc(-c2ccccc2F)n1C1CC1. The third-order valence-electron chi connectivity index (χ3n) is 4.40. The molecule has 134 valence electrons. The Labute approximate surface area is 151 Å². The van der Waals surface area contributed by atoms with Crippen LogP contribution in [0.15, 0.2) is 29.4 Å². The molecule has 0 spiro atoms. The number of hydrogen-bond donors (Lipinski definition) is 0. The second-order valence-electron chi connectivity index (χ2n) is 6.16. The van der Waals surface area contributed by atoms with Gasteiger partial charge in [-0.05, 0) is 45.7 Å². The van der Waals surface area contributed by atoms with Crippen LogP contribution in [0.5, 0.6) is 0 Å². The summed E-state index contributed by atoms with van der Waals surface area (Å²) in [5.41, 5.74) is 0.455. The first-order chi connectivity index (χ1) is 12.1. The smallest absolute Gasteiger partial charge is 0.235 e. The average Bonchev–Trinajstić information content (AvgIpc) is 3.37. The summed E-state index contributed by atoms with van der Waals surface area (Å²) in [4.78, 5) is 14.3. The van der Waals surface area contributed by atoms with E-state index in [9.17, 15) is 9.18 Å². The van der Waals surface area contributed by atoms with Crippen LogP contribution >= 0.6 is 11.8 Å². The molecule has 1 heterocycles. The minimum absolute atomic E-state index is 0.0905. The Morgan fingerprint density at radius 3 is 2.60 bits per heavy atom. The van der Waals surface area contributed by atoms with E-state index in [1.165, 1.54) is 17.8 Å². The number of benzene rings is 1. The van der Waals surface area contributed by atoms with Crippen LogP contribution in [0.1, 0.15) is 39.7 Å². The van der Waals surface area contributed by atoms with Crippen LogP contribution < -0.4 is 0 Å². The van der Waals surface area contributed by atoms with Gasteiger partial charge in [0.05, 0.1) is 10.8 Å². The topological polar surface area (TPSA) is 51.0 Å². The Balaban J connectivity index is 1.88. The van der Waals surface area contributed by atoms with Crippen LogP contribution in [0.25, 0.3) is 11.4 Å². The Kier molecular flexibility index (Phi) is 5.42. The van der Waals surface area contributed by atoms with Crippen molar-refractivity contribution in [3.05, 3.63) is 30.1 Å². The maximum atomic E-state index is 14.2. The van der Waals surface area contributed by atoms with E-state index < -0.39 is 0 Å². The summed E-state index contributed by atoms with van der Waals surface area (Å²) in [5, 5.41) is 8.93. The van der Waals surface area contributed by atoms with Gasteiger partial charge < -0.3 is 4.90 Å². The van der Waals surface area contributed by atoms with E-state index in [-0.39, 0.29) is 17.0 Å². The molecule has 1 saturated carbocycles. The number of hydrogen-bond acceptors (Lipinski definition) is 4. The number of carbonyl (C=O) groups is 1. The van der Waals surface area contributed by atoms with Crippen molar-refractivity contribution in [3.63, 3.8) is 0 Å². The van der Waals surface area contributed by atoms with Crippen LogP contribution in [0.2, 0.25) is 0 Å². The Bertz CT molecular complexity index is 755. The van der Waals surface area contributed by atoms with E-state index in [1.54, 1.807) is 18.2 Å². The zero-order valence-electron chi connectivity index (χ0n) is 14.8. The Morgan fingerprint density at radius 2 is 2.00 bits per heavy atom. The maximum absolute atomic E-state index is 14.2. The lowest BCUT2D eigenvalue weighted by atomic mass is 10.2. The molecule has 1 aromatic heterocycles. The zero-order valence-corrected chi connectivity index (χ0v) is 15.6. The van der Waals surface area contributed by atoms with Gasteiger partial charge in [-0.2, -0.15) is 0 Å². The van der Waals surface area contributed by atoms with E-state index >= 15 is 0 Å². The first kappa shape index (κ1) is 17.9. The van der Waals surface area contributed by atoms with Gasteiger partial charge in [-0.1, -0.05) is 23.9 Å². The summed E-state index contributed by atoms with van der Waals surface area (Å²) in [6.45, 7) is 7.22. The number of nitrogens with zero attached hydrogens (tertiary/aromatic N) is 4. The van der Waals surface area contributed by atoms with Crippen molar-refractivity contribution in [2.24, 2.45) is 0 Å². The van der Waals surface area contributed by atoms with E-state index in [0.29, 0.717) is 35.7 Å². The van der Waals surface area contributed by atoms with Gasteiger partial charge in [-0.15, -0.1) is 10.2 Å². The fourth-order valence-electron chi connectivity index (χ4n) is 2.85. The molecule has 0 bridgehead atoms. The molecule has 1 fully saturated rings. The summed E-state index contributed by atoms with van der Waals surface area (Å²) in [6.07, 6.45) is 2.07. The van der Waals surface area contributed by atoms with Gasteiger partial charge in [0.2, 0.25) is 5.91 Å². The third kappa shape index (κ3) is 3.71. The Hall–Kier alpha value is -1.89. The number of thioether (sulfide) groups is 1. The highest BCUT2D eigenvalue weighted by atomic mass is 32.2. The van der Waals surface area contributed by atoms with Gasteiger partial charge >= 0.3 is 0 Å². The number of halogens is 1. The quantitative estimate of drug-likeness (QED) is 0.704. The van der Waals surface area contributed by atoms with Crippen LogP contribution in [-0.4, -0.2) is 43.9 Å². The van der Waals surface area contributed by atoms with E-state index in [4.69, 9.17) is 0 Å². The van der Waals surface area contributed by atoms with Crippen molar-refractivity contribution in [1.82, 2.24) is 19.7 Å².